The van der Waals surface area contributed by atoms with Gasteiger partial charge in [-0.2, -0.15) is 0 Å². The number of benzene rings is 2. The van der Waals surface area contributed by atoms with Gasteiger partial charge in [0.15, 0.2) is 0 Å². The minimum Gasteiger partial charge on any atom is -0.315 e. The van der Waals surface area contributed by atoms with Crippen molar-refractivity contribution in [2.24, 2.45) is 0 Å². The lowest BCUT2D eigenvalue weighted by atomic mass is 9.86. The molecule has 2 aromatic carbocycles. The minimum atomic E-state index is 0.0753. The van der Waals surface area contributed by atoms with E-state index in [9.17, 15) is 4.79 Å². The lowest BCUT2D eigenvalue weighted by molar-refractivity contribution is -0.123. The first-order valence-electron chi connectivity index (χ1n) is 8.21. The zero-order chi connectivity index (χ0) is 16.9. The van der Waals surface area contributed by atoms with E-state index in [1.54, 1.807) is 0 Å². The Morgan fingerprint density at radius 2 is 1.62 bits per heavy atom. The van der Waals surface area contributed by atoms with E-state index in [2.05, 4.69) is 72.0 Å². The number of nitrogens with zero attached hydrogens (tertiary/aromatic N) is 1. The maximum Gasteiger partial charge on any atom is 0.264 e. The molecule has 0 radical (unpaired) electrons. The number of hydrogen-bond donors (Lipinski definition) is 0. The molecule has 1 heterocycles. The Bertz CT molecular complexity index is 765. The average molecular weight is 429 g/mol. The fourth-order valence-corrected chi connectivity index (χ4v) is 3.97. The summed E-state index contributed by atoms with van der Waals surface area (Å²) < 4.78 is 0.797. The highest BCUT2D eigenvalue weighted by Crippen LogP contribution is 2.40. The summed E-state index contributed by atoms with van der Waals surface area (Å²) in [6.07, 6.45) is 5.05. The molecule has 1 aliphatic heterocycles. The third-order valence-electron chi connectivity index (χ3n) is 4.16. The summed E-state index contributed by atoms with van der Waals surface area (Å²) in [5.41, 5.74) is 3.39. The molecule has 1 amide bonds. The van der Waals surface area contributed by atoms with E-state index in [1.165, 1.54) is 5.56 Å². The summed E-state index contributed by atoms with van der Waals surface area (Å²) in [6.45, 7) is 2.83. The third-order valence-corrected chi connectivity index (χ3v) is 5.21. The van der Waals surface area contributed by atoms with E-state index in [-0.39, 0.29) is 11.8 Å². The van der Waals surface area contributed by atoms with Crippen molar-refractivity contribution in [2.45, 2.75) is 19.3 Å². The fourth-order valence-electron chi connectivity index (χ4n) is 3.01. The van der Waals surface area contributed by atoms with Gasteiger partial charge in [-0.25, -0.2) is 0 Å². The summed E-state index contributed by atoms with van der Waals surface area (Å²) in [7, 11) is 0. The monoisotopic (exact) mass is 429 g/mol. The first-order chi connectivity index (χ1) is 11.7. The predicted octanol–water partition coefficient (Wildman–Crippen LogP) is 5.38. The van der Waals surface area contributed by atoms with Crippen molar-refractivity contribution >= 4 is 34.1 Å². The van der Waals surface area contributed by atoms with Gasteiger partial charge in [0.05, 0.1) is 3.58 Å². The molecule has 1 aliphatic rings. The second-order valence-corrected chi connectivity index (χ2v) is 6.90. The van der Waals surface area contributed by atoms with Crippen LogP contribution in [-0.4, -0.2) is 17.4 Å². The highest BCUT2D eigenvalue weighted by molar-refractivity contribution is 14.1. The molecule has 2 aromatic rings. The van der Waals surface area contributed by atoms with E-state index < -0.39 is 0 Å². The zero-order valence-corrected chi connectivity index (χ0v) is 15.8. The maximum absolute atomic E-state index is 12.9. The van der Waals surface area contributed by atoms with Crippen molar-refractivity contribution in [1.29, 1.82) is 0 Å². The second-order valence-electron chi connectivity index (χ2n) is 5.82. The van der Waals surface area contributed by atoms with E-state index in [0.717, 1.165) is 27.7 Å². The van der Waals surface area contributed by atoms with Crippen LogP contribution in [0, 0.1) is 0 Å². The van der Waals surface area contributed by atoms with Crippen molar-refractivity contribution in [3.8, 4) is 0 Å². The largest absolute Gasteiger partial charge is 0.315 e. The number of amides is 1. The number of allylic oxidation sites excluding steroid dienone is 2. The standard InChI is InChI=1S/C21H20INO/c1-2-14-23-15-13-18(16-9-5-3-6-10-16)19(20(22)21(23)24)17-11-7-4-8-12-17/h3-13,15,18H,2,14H2,1H3. The van der Waals surface area contributed by atoms with Crippen molar-refractivity contribution in [2.75, 3.05) is 6.54 Å². The van der Waals surface area contributed by atoms with Gasteiger partial charge in [-0.15, -0.1) is 0 Å². The molecular weight excluding hydrogens is 409 g/mol. The number of hydrogen-bond acceptors (Lipinski definition) is 1. The van der Waals surface area contributed by atoms with E-state index >= 15 is 0 Å². The number of carbonyl (C=O) groups excluding carboxylic acids is 1. The summed E-state index contributed by atoms with van der Waals surface area (Å²) in [5, 5.41) is 0. The molecule has 0 bridgehead atoms. The van der Waals surface area contributed by atoms with Crippen molar-refractivity contribution in [1.82, 2.24) is 4.90 Å². The van der Waals surface area contributed by atoms with Crippen LogP contribution in [0.15, 0.2) is 76.5 Å². The Labute approximate surface area is 157 Å². The molecule has 0 fully saturated rings. The summed E-state index contributed by atoms with van der Waals surface area (Å²) in [5.74, 6) is 0.164. The van der Waals surface area contributed by atoms with Crippen LogP contribution < -0.4 is 0 Å². The molecule has 0 saturated carbocycles. The van der Waals surface area contributed by atoms with Crippen LogP contribution in [-0.2, 0) is 4.79 Å². The maximum atomic E-state index is 12.9. The normalized spacial score (nSPS) is 18.0. The molecule has 122 valence electrons. The molecule has 3 rings (SSSR count). The molecule has 1 atom stereocenters. The van der Waals surface area contributed by atoms with Crippen molar-refractivity contribution in [3.05, 3.63) is 87.6 Å². The number of halogens is 1. The van der Waals surface area contributed by atoms with Gasteiger partial charge in [0.1, 0.15) is 0 Å². The average Bonchev–Trinajstić information content (AvgIpc) is 2.75. The number of carbonyl (C=O) groups is 1. The molecule has 0 aromatic heterocycles. The molecular formula is C21H20INO. The van der Waals surface area contributed by atoms with Gasteiger partial charge < -0.3 is 4.90 Å². The Kier molecular flexibility index (Phi) is 5.51. The topological polar surface area (TPSA) is 20.3 Å². The van der Waals surface area contributed by atoms with Gasteiger partial charge in [-0.05, 0) is 45.7 Å². The Balaban J connectivity index is 2.17. The van der Waals surface area contributed by atoms with Crippen LogP contribution in [0.5, 0.6) is 0 Å². The molecule has 3 heteroatoms. The van der Waals surface area contributed by atoms with Crippen LogP contribution in [0.3, 0.4) is 0 Å². The first-order valence-corrected chi connectivity index (χ1v) is 9.29. The zero-order valence-electron chi connectivity index (χ0n) is 13.7. The number of rotatable bonds is 4. The molecule has 24 heavy (non-hydrogen) atoms. The quantitative estimate of drug-likeness (QED) is 0.598. The third kappa shape index (κ3) is 3.46. The Hall–Kier alpha value is -1.88. The molecule has 1 unspecified atom stereocenters. The molecule has 0 spiro atoms. The lowest BCUT2D eigenvalue weighted by Gasteiger charge is -2.19. The van der Waals surface area contributed by atoms with Gasteiger partial charge in [-0.1, -0.05) is 73.7 Å². The Morgan fingerprint density at radius 1 is 1.00 bits per heavy atom. The fraction of sp³-hybridized carbons (Fsp3) is 0.190. The SMILES string of the molecule is CCCN1C=CC(c2ccccc2)C(c2ccccc2)=C(I)C1=O. The van der Waals surface area contributed by atoms with Crippen LogP contribution in [0.2, 0.25) is 0 Å². The van der Waals surface area contributed by atoms with Crippen LogP contribution in [0.4, 0.5) is 0 Å². The molecule has 0 N–H and O–H groups in total. The van der Waals surface area contributed by atoms with Gasteiger partial charge in [-0.3, -0.25) is 4.79 Å². The highest BCUT2D eigenvalue weighted by atomic mass is 127. The summed E-state index contributed by atoms with van der Waals surface area (Å²) in [4.78, 5) is 14.7. The van der Waals surface area contributed by atoms with Gasteiger partial charge in [0, 0.05) is 18.7 Å². The van der Waals surface area contributed by atoms with Gasteiger partial charge in [0.25, 0.3) is 5.91 Å². The van der Waals surface area contributed by atoms with E-state index in [0.29, 0.717) is 0 Å². The molecule has 0 aliphatic carbocycles. The first kappa shape index (κ1) is 17.0. The van der Waals surface area contributed by atoms with Crippen molar-refractivity contribution in [3.63, 3.8) is 0 Å². The van der Waals surface area contributed by atoms with Crippen LogP contribution in [0.1, 0.15) is 30.4 Å². The minimum absolute atomic E-state index is 0.0753. The second kappa shape index (κ2) is 7.79. The van der Waals surface area contributed by atoms with Crippen molar-refractivity contribution < 1.29 is 4.79 Å². The van der Waals surface area contributed by atoms with E-state index in [1.807, 2.05) is 35.4 Å². The lowest BCUT2D eigenvalue weighted by Crippen LogP contribution is -2.25. The summed E-state index contributed by atoms with van der Waals surface area (Å²) in [6, 6.07) is 20.6. The van der Waals surface area contributed by atoms with Gasteiger partial charge in [0.2, 0.25) is 0 Å². The van der Waals surface area contributed by atoms with Crippen LogP contribution >= 0.6 is 22.6 Å². The van der Waals surface area contributed by atoms with E-state index in [4.69, 9.17) is 0 Å². The molecule has 0 saturated heterocycles. The molecule has 2 nitrogen and oxygen atoms in total. The predicted molar refractivity (Wildman–Crippen MR) is 108 cm³/mol. The van der Waals surface area contributed by atoms with Crippen LogP contribution in [0.25, 0.3) is 5.57 Å². The smallest absolute Gasteiger partial charge is 0.264 e. The Morgan fingerprint density at radius 3 is 2.25 bits per heavy atom. The summed E-state index contributed by atoms with van der Waals surface area (Å²) >= 11 is 2.22. The highest BCUT2D eigenvalue weighted by Gasteiger charge is 2.27. The van der Waals surface area contributed by atoms with Gasteiger partial charge >= 0.3 is 0 Å².